The van der Waals surface area contributed by atoms with Crippen molar-refractivity contribution in [3.8, 4) is 12.3 Å². The van der Waals surface area contributed by atoms with Crippen molar-refractivity contribution in [1.29, 1.82) is 0 Å². The molecule has 3 N–H and O–H groups in total. The molecule has 0 aromatic carbocycles. The van der Waals surface area contributed by atoms with Crippen molar-refractivity contribution < 1.29 is 9.53 Å². The van der Waals surface area contributed by atoms with Gasteiger partial charge in [0.2, 0.25) is 5.91 Å². The van der Waals surface area contributed by atoms with Crippen LogP contribution in [0, 0.1) is 12.3 Å². The molecule has 0 aliphatic heterocycles. The number of rotatable bonds is 7. The molecule has 13 heavy (non-hydrogen) atoms. The van der Waals surface area contributed by atoms with Crippen molar-refractivity contribution in [2.75, 3.05) is 26.3 Å². The Balaban J connectivity index is 3.16. The van der Waals surface area contributed by atoms with E-state index in [0.717, 1.165) is 6.42 Å². The summed E-state index contributed by atoms with van der Waals surface area (Å²) in [6, 6.07) is 0. The van der Waals surface area contributed by atoms with Gasteiger partial charge in [-0.15, -0.1) is 12.3 Å². The van der Waals surface area contributed by atoms with Crippen LogP contribution in [-0.2, 0) is 9.53 Å². The molecule has 0 aromatic rings. The third-order valence-electron chi connectivity index (χ3n) is 1.32. The first kappa shape index (κ1) is 11.9. The summed E-state index contributed by atoms with van der Waals surface area (Å²) in [5.41, 5.74) is 5.18. The van der Waals surface area contributed by atoms with Gasteiger partial charge in [0.1, 0.15) is 6.61 Å². The summed E-state index contributed by atoms with van der Waals surface area (Å²) in [6.45, 7) is 1.53. The molecule has 0 fully saturated rings. The van der Waals surface area contributed by atoms with E-state index in [1.54, 1.807) is 0 Å². The highest BCUT2D eigenvalue weighted by Crippen LogP contribution is 1.82. The lowest BCUT2D eigenvalue weighted by Gasteiger charge is -2.03. The fourth-order valence-corrected chi connectivity index (χ4v) is 0.717. The van der Waals surface area contributed by atoms with Crippen molar-refractivity contribution in [2.45, 2.75) is 12.8 Å². The molecule has 0 rings (SSSR count). The predicted molar refractivity (Wildman–Crippen MR) is 51.0 cm³/mol. The first-order valence-electron chi connectivity index (χ1n) is 4.29. The molecule has 0 unspecified atom stereocenters. The van der Waals surface area contributed by atoms with Crippen molar-refractivity contribution >= 4 is 5.91 Å². The molecule has 0 aromatic heterocycles. The number of ether oxygens (including phenoxy) is 1. The predicted octanol–water partition coefficient (Wildman–Crippen LogP) is -0.509. The van der Waals surface area contributed by atoms with Gasteiger partial charge in [-0.05, 0) is 6.42 Å². The van der Waals surface area contributed by atoms with Crippen LogP contribution >= 0.6 is 0 Å². The number of terminal acetylenes is 1. The Bertz CT molecular complexity index is 175. The van der Waals surface area contributed by atoms with Gasteiger partial charge in [0.05, 0.1) is 6.61 Å². The van der Waals surface area contributed by atoms with Crippen LogP contribution in [-0.4, -0.2) is 32.2 Å². The number of nitrogens with one attached hydrogen (secondary N) is 1. The van der Waals surface area contributed by atoms with Crippen molar-refractivity contribution in [1.82, 2.24) is 5.32 Å². The minimum absolute atomic E-state index is 0.0766. The second-order valence-corrected chi connectivity index (χ2v) is 2.50. The van der Waals surface area contributed by atoms with Crippen LogP contribution in [0.5, 0.6) is 0 Å². The summed E-state index contributed by atoms with van der Waals surface area (Å²) in [5.74, 6) is 2.37. The monoisotopic (exact) mass is 184 g/mol. The highest BCUT2D eigenvalue weighted by molar-refractivity contribution is 5.77. The van der Waals surface area contributed by atoms with Crippen molar-refractivity contribution in [3.05, 3.63) is 0 Å². The Hall–Kier alpha value is -1.05. The Morgan fingerprint density at radius 1 is 1.62 bits per heavy atom. The quantitative estimate of drug-likeness (QED) is 0.414. The van der Waals surface area contributed by atoms with Gasteiger partial charge in [-0.2, -0.15) is 0 Å². The van der Waals surface area contributed by atoms with Crippen LogP contribution in [0.1, 0.15) is 12.8 Å². The Morgan fingerprint density at radius 2 is 2.38 bits per heavy atom. The number of carbonyl (C=O) groups is 1. The maximum Gasteiger partial charge on any atom is 0.245 e. The van der Waals surface area contributed by atoms with E-state index in [9.17, 15) is 4.79 Å². The van der Waals surface area contributed by atoms with Crippen LogP contribution in [0.4, 0.5) is 0 Å². The molecule has 4 nitrogen and oxygen atoms in total. The molecule has 0 spiro atoms. The molecule has 0 radical (unpaired) electrons. The number of carbonyl (C=O) groups excluding carboxylic acids is 1. The van der Waals surface area contributed by atoms with Crippen molar-refractivity contribution in [2.24, 2.45) is 5.73 Å². The fourth-order valence-electron chi connectivity index (χ4n) is 0.717. The standard InChI is InChI=1S/C9H16N2O2/c1-2-3-4-6-11-9(12)8-13-7-5-10/h1H,3-8,10H2,(H,11,12). The summed E-state index contributed by atoms with van der Waals surface area (Å²) in [7, 11) is 0. The molecule has 0 bridgehead atoms. The molecular weight excluding hydrogens is 168 g/mol. The summed E-state index contributed by atoms with van der Waals surface area (Å²) < 4.78 is 4.92. The smallest absolute Gasteiger partial charge is 0.245 e. The lowest BCUT2D eigenvalue weighted by atomic mass is 10.3. The highest BCUT2D eigenvalue weighted by atomic mass is 16.5. The average Bonchev–Trinajstić information content (AvgIpc) is 2.13. The lowest BCUT2D eigenvalue weighted by Crippen LogP contribution is -2.29. The van der Waals surface area contributed by atoms with Crippen LogP contribution in [0.15, 0.2) is 0 Å². The minimum Gasteiger partial charge on any atom is -0.370 e. The number of hydrogen-bond donors (Lipinski definition) is 2. The number of unbranched alkanes of at least 4 members (excludes halogenated alkanes) is 1. The molecule has 0 saturated carbocycles. The van der Waals surface area contributed by atoms with Gasteiger partial charge >= 0.3 is 0 Å². The average molecular weight is 184 g/mol. The van der Waals surface area contributed by atoms with E-state index < -0.39 is 0 Å². The second-order valence-electron chi connectivity index (χ2n) is 2.50. The van der Waals surface area contributed by atoms with Gasteiger partial charge in [0.25, 0.3) is 0 Å². The maximum atomic E-state index is 11.0. The second kappa shape index (κ2) is 9.04. The van der Waals surface area contributed by atoms with Gasteiger partial charge in [0, 0.05) is 19.5 Å². The summed E-state index contributed by atoms with van der Waals surface area (Å²) >= 11 is 0. The Labute approximate surface area is 78.8 Å². The summed E-state index contributed by atoms with van der Waals surface area (Å²) in [6.07, 6.45) is 6.53. The van der Waals surface area contributed by atoms with Crippen LogP contribution in [0.25, 0.3) is 0 Å². The summed E-state index contributed by atoms with van der Waals surface area (Å²) in [5, 5.41) is 2.68. The maximum absolute atomic E-state index is 11.0. The Morgan fingerprint density at radius 3 is 3.00 bits per heavy atom. The zero-order valence-electron chi connectivity index (χ0n) is 7.71. The van der Waals surface area contributed by atoms with E-state index in [1.807, 2.05) is 0 Å². The third kappa shape index (κ3) is 8.86. The van der Waals surface area contributed by atoms with Gasteiger partial charge in [0.15, 0.2) is 0 Å². The molecule has 0 aliphatic rings. The molecule has 74 valence electrons. The first-order valence-corrected chi connectivity index (χ1v) is 4.29. The molecule has 0 heterocycles. The molecule has 1 amide bonds. The molecule has 0 aliphatic carbocycles. The van der Waals surface area contributed by atoms with Crippen molar-refractivity contribution in [3.63, 3.8) is 0 Å². The minimum atomic E-state index is -0.120. The fraction of sp³-hybridized carbons (Fsp3) is 0.667. The van der Waals surface area contributed by atoms with E-state index in [2.05, 4.69) is 11.2 Å². The Kier molecular flexibility index (Phi) is 8.31. The molecule has 0 atom stereocenters. The van der Waals surface area contributed by atoms with Crippen LogP contribution < -0.4 is 11.1 Å². The van der Waals surface area contributed by atoms with Crippen LogP contribution in [0.3, 0.4) is 0 Å². The first-order chi connectivity index (χ1) is 6.31. The van der Waals surface area contributed by atoms with E-state index >= 15 is 0 Å². The van der Waals surface area contributed by atoms with Gasteiger partial charge in [-0.3, -0.25) is 4.79 Å². The SMILES string of the molecule is C#CCCCNC(=O)COCCN. The van der Waals surface area contributed by atoms with Gasteiger partial charge in [-0.25, -0.2) is 0 Å². The van der Waals surface area contributed by atoms with E-state index in [0.29, 0.717) is 26.1 Å². The lowest BCUT2D eigenvalue weighted by molar-refractivity contribution is -0.125. The zero-order valence-corrected chi connectivity index (χ0v) is 7.71. The van der Waals surface area contributed by atoms with E-state index in [1.165, 1.54) is 0 Å². The van der Waals surface area contributed by atoms with Crippen LogP contribution in [0.2, 0.25) is 0 Å². The summed E-state index contributed by atoms with van der Waals surface area (Å²) in [4.78, 5) is 11.0. The number of hydrogen-bond acceptors (Lipinski definition) is 3. The number of amides is 1. The molecule has 4 heteroatoms. The normalized spacial score (nSPS) is 9.23. The number of nitrogens with two attached hydrogens (primary N) is 1. The molecule has 0 saturated heterocycles. The highest BCUT2D eigenvalue weighted by Gasteiger charge is 1.98. The zero-order chi connectivity index (χ0) is 9.94. The van der Waals surface area contributed by atoms with Gasteiger partial charge < -0.3 is 15.8 Å². The third-order valence-corrected chi connectivity index (χ3v) is 1.32. The largest absolute Gasteiger partial charge is 0.370 e. The topological polar surface area (TPSA) is 64.3 Å². The molecular formula is C9H16N2O2. The van der Waals surface area contributed by atoms with Gasteiger partial charge in [-0.1, -0.05) is 0 Å². The van der Waals surface area contributed by atoms with E-state index in [4.69, 9.17) is 16.9 Å². The van der Waals surface area contributed by atoms with E-state index in [-0.39, 0.29) is 12.5 Å².